The zero-order valence-corrected chi connectivity index (χ0v) is 53.9. The third kappa shape index (κ3) is 66.2. The van der Waals surface area contributed by atoms with Crippen LogP contribution in [0.4, 0.5) is 0 Å². The summed E-state index contributed by atoms with van der Waals surface area (Å²) < 4.78 is 16.9. The minimum Gasteiger partial charge on any atom is -0.462 e. The van der Waals surface area contributed by atoms with Crippen LogP contribution in [0.3, 0.4) is 0 Å². The van der Waals surface area contributed by atoms with Crippen LogP contribution in [0.15, 0.2) is 48.6 Å². The number of rotatable bonds is 66. The molecule has 6 nitrogen and oxygen atoms in total. The molecule has 0 fully saturated rings. The maximum absolute atomic E-state index is 12.9. The van der Waals surface area contributed by atoms with E-state index in [0.29, 0.717) is 19.3 Å². The van der Waals surface area contributed by atoms with Crippen molar-refractivity contribution in [3.8, 4) is 0 Å². The van der Waals surface area contributed by atoms with Crippen molar-refractivity contribution in [1.29, 1.82) is 0 Å². The van der Waals surface area contributed by atoms with E-state index < -0.39 is 6.10 Å². The second-order valence-electron chi connectivity index (χ2n) is 24.1. The second kappa shape index (κ2) is 68.9. The number of esters is 3. The number of hydrogen-bond donors (Lipinski definition) is 0. The third-order valence-corrected chi connectivity index (χ3v) is 16.1. The van der Waals surface area contributed by atoms with Gasteiger partial charge in [0.25, 0.3) is 0 Å². The van der Waals surface area contributed by atoms with Gasteiger partial charge in [0.05, 0.1) is 0 Å². The third-order valence-electron chi connectivity index (χ3n) is 16.1. The highest BCUT2D eigenvalue weighted by Gasteiger charge is 2.19. The largest absolute Gasteiger partial charge is 0.462 e. The van der Waals surface area contributed by atoms with Crippen molar-refractivity contribution < 1.29 is 28.6 Å². The number of carbonyl (C=O) groups is 3. The SMILES string of the molecule is CC/C=C\C/C=C\C/C=C\C/C=C\CCCCCCCCC(=O)OC(COC(=O)CCCCCCCCCCCC)COC(=O)CCCCCCCCCCCCCCCCCCCCCCCCCCCCCCCCCCC. The van der Waals surface area contributed by atoms with E-state index in [0.717, 1.165) is 96.3 Å². The summed E-state index contributed by atoms with van der Waals surface area (Å²) in [5.74, 6) is -0.867. The molecule has 0 aromatic carbocycles. The monoisotopic (exact) mass is 1120 g/mol. The first-order chi connectivity index (χ1) is 39.5. The first-order valence-electron chi connectivity index (χ1n) is 35.6. The van der Waals surface area contributed by atoms with Crippen molar-refractivity contribution in [3.63, 3.8) is 0 Å². The first kappa shape index (κ1) is 77.4. The Balaban J connectivity index is 4.06. The summed E-state index contributed by atoms with van der Waals surface area (Å²) in [7, 11) is 0. The molecule has 0 radical (unpaired) electrons. The zero-order valence-electron chi connectivity index (χ0n) is 53.9. The highest BCUT2D eigenvalue weighted by Crippen LogP contribution is 2.19. The fourth-order valence-corrected chi connectivity index (χ4v) is 10.8. The van der Waals surface area contributed by atoms with E-state index in [1.54, 1.807) is 0 Å². The lowest BCUT2D eigenvalue weighted by atomic mass is 10.0. The van der Waals surface area contributed by atoms with Crippen LogP contribution >= 0.6 is 0 Å². The molecule has 1 atom stereocenters. The quantitative estimate of drug-likeness (QED) is 0.0261. The van der Waals surface area contributed by atoms with Crippen molar-refractivity contribution in [2.45, 2.75) is 393 Å². The van der Waals surface area contributed by atoms with E-state index in [4.69, 9.17) is 14.2 Å². The van der Waals surface area contributed by atoms with Gasteiger partial charge in [0.15, 0.2) is 6.10 Å². The molecule has 0 rings (SSSR count). The molecule has 0 bridgehead atoms. The topological polar surface area (TPSA) is 78.9 Å². The molecular weight excluding hydrogens is 985 g/mol. The van der Waals surface area contributed by atoms with Gasteiger partial charge in [-0.25, -0.2) is 0 Å². The van der Waals surface area contributed by atoms with Crippen molar-refractivity contribution in [3.05, 3.63) is 48.6 Å². The van der Waals surface area contributed by atoms with Gasteiger partial charge in [-0.2, -0.15) is 0 Å². The van der Waals surface area contributed by atoms with Gasteiger partial charge >= 0.3 is 17.9 Å². The molecule has 6 heteroatoms. The molecule has 0 aliphatic rings. The van der Waals surface area contributed by atoms with E-state index in [1.807, 2.05) is 0 Å². The summed E-state index contributed by atoms with van der Waals surface area (Å²) in [6, 6.07) is 0. The summed E-state index contributed by atoms with van der Waals surface area (Å²) >= 11 is 0. The Morgan fingerprint density at radius 3 is 0.762 bits per heavy atom. The minimum atomic E-state index is -0.778. The van der Waals surface area contributed by atoms with Crippen molar-refractivity contribution in [2.75, 3.05) is 13.2 Å². The molecule has 0 aliphatic carbocycles. The number of hydrogen-bond acceptors (Lipinski definition) is 6. The Morgan fingerprint density at radius 2 is 0.487 bits per heavy atom. The van der Waals surface area contributed by atoms with E-state index >= 15 is 0 Å². The Hall–Kier alpha value is -2.63. The van der Waals surface area contributed by atoms with Gasteiger partial charge in [-0.05, 0) is 57.8 Å². The smallest absolute Gasteiger partial charge is 0.306 e. The summed E-state index contributed by atoms with van der Waals surface area (Å²) in [5, 5.41) is 0. The van der Waals surface area contributed by atoms with Crippen molar-refractivity contribution in [1.82, 2.24) is 0 Å². The number of unbranched alkanes of at least 4 members (excludes halogenated alkanes) is 47. The van der Waals surface area contributed by atoms with Gasteiger partial charge < -0.3 is 14.2 Å². The molecule has 0 spiro atoms. The average molecular weight is 1120 g/mol. The average Bonchev–Trinajstić information content (AvgIpc) is 3.46. The molecule has 0 heterocycles. The van der Waals surface area contributed by atoms with E-state index in [2.05, 4.69) is 69.4 Å². The Morgan fingerprint density at radius 1 is 0.263 bits per heavy atom. The van der Waals surface area contributed by atoms with E-state index in [9.17, 15) is 14.4 Å². The zero-order chi connectivity index (χ0) is 57.8. The maximum atomic E-state index is 12.9. The predicted octanol–water partition coefficient (Wildman–Crippen LogP) is 24.5. The number of ether oxygens (including phenoxy) is 3. The van der Waals surface area contributed by atoms with E-state index in [1.165, 1.54) is 250 Å². The Bertz CT molecular complexity index is 1380. The van der Waals surface area contributed by atoms with Crippen LogP contribution in [0.2, 0.25) is 0 Å². The summed E-state index contributed by atoms with van der Waals surface area (Å²) in [6.07, 6.45) is 87.4. The van der Waals surface area contributed by atoms with Gasteiger partial charge in [0.2, 0.25) is 0 Å². The summed E-state index contributed by atoms with van der Waals surface area (Å²) in [6.45, 7) is 6.56. The van der Waals surface area contributed by atoms with Crippen LogP contribution in [-0.2, 0) is 28.6 Å². The molecule has 0 N–H and O–H groups in total. The highest BCUT2D eigenvalue weighted by molar-refractivity contribution is 5.71. The van der Waals surface area contributed by atoms with Crippen molar-refractivity contribution in [2.24, 2.45) is 0 Å². The number of carbonyl (C=O) groups excluding carboxylic acids is 3. The second-order valence-corrected chi connectivity index (χ2v) is 24.1. The Kier molecular flexibility index (Phi) is 66.6. The molecular formula is C74H136O6. The molecule has 80 heavy (non-hydrogen) atoms. The molecule has 468 valence electrons. The van der Waals surface area contributed by atoms with Gasteiger partial charge in [-0.1, -0.05) is 358 Å². The lowest BCUT2D eigenvalue weighted by Crippen LogP contribution is -2.30. The summed E-state index contributed by atoms with van der Waals surface area (Å²) in [5.41, 5.74) is 0. The first-order valence-corrected chi connectivity index (χ1v) is 35.6. The normalized spacial score (nSPS) is 12.3. The predicted molar refractivity (Wildman–Crippen MR) is 349 cm³/mol. The molecule has 0 saturated heterocycles. The molecule has 1 unspecified atom stereocenters. The van der Waals surface area contributed by atoms with E-state index in [-0.39, 0.29) is 31.1 Å². The van der Waals surface area contributed by atoms with Crippen LogP contribution in [-0.4, -0.2) is 37.2 Å². The molecule has 0 amide bonds. The molecule has 0 aromatic rings. The van der Waals surface area contributed by atoms with Gasteiger partial charge in [-0.3, -0.25) is 14.4 Å². The highest BCUT2D eigenvalue weighted by atomic mass is 16.6. The van der Waals surface area contributed by atoms with Gasteiger partial charge in [0.1, 0.15) is 13.2 Å². The molecule has 0 aromatic heterocycles. The van der Waals surface area contributed by atoms with Gasteiger partial charge in [-0.15, -0.1) is 0 Å². The Labute approximate surface area is 498 Å². The van der Waals surface area contributed by atoms with Crippen LogP contribution < -0.4 is 0 Å². The summed E-state index contributed by atoms with van der Waals surface area (Å²) in [4.78, 5) is 38.3. The molecule has 0 saturated carbocycles. The minimum absolute atomic E-state index is 0.0744. The lowest BCUT2D eigenvalue weighted by molar-refractivity contribution is -0.167. The fourth-order valence-electron chi connectivity index (χ4n) is 10.8. The van der Waals surface area contributed by atoms with Crippen LogP contribution in [0.25, 0.3) is 0 Å². The molecule has 0 aliphatic heterocycles. The van der Waals surface area contributed by atoms with Gasteiger partial charge in [0, 0.05) is 19.3 Å². The standard InChI is InChI=1S/C74H136O6/c1-4-7-10-13-16-19-22-24-26-28-30-31-32-33-34-35-36-37-38-39-40-41-42-43-45-46-48-50-52-55-58-61-64-67-73(76)79-70-71(69-78-72(75)66-63-60-57-54-21-18-15-12-9-6-3)80-74(77)68-65-62-59-56-53-51-49-47-44-29-27-25-23-20-17-14-11-8-5-2/h8,11,17,20,25,27,44,47,71H,4-7,9-10,12-16,18-19,21-24,26,28-43,45-46,48-70H2,1-3H3/b11-8-,20-17-,27-25-,47-44-. The lowest BCUT2D eigenvalue weighted by Gasteiger charge is -2.18. The maximum Gasteiger partial charge on any atom is 0.306 e. The van der Waals surface area contributed by atoms with Crippen molar-refractivity contribution >= 4 is 17.9 Å². The fraction of sp³-hybridized carbons (Fsp3) is 0.851. The van der Waals surface area contributed by atoms with Crippen LogP contribution in [0, 0.1) is 0 Å². The van der Waals surface area contributed by atoms with Crippen LogP contribution in [0.5, 0.6) is 0 Å². The number of allylic oxidation sites excluding steroid dienone is 8. The van der Waals surface area contributed by atoms with Crippen LogP contribution in [0.1, 0.15) is 387 Å².